The Hall–Kier alpha value is -1.67. The lowest BCUT2D eigenvalue weighted by Crippen LogP contribution is -2.17. The second-order valence-corrected chi connectivity index (χ2v) is 8.34. The third-order valence-corrected chi connectivity index (χ3v) is 5.66. The van der Waals surface area contributed by atoms with Gasteiger partial charge in [-0.15, -0.1) is 10.2 Å². The van der Waals surface area contributed by atoms with Crippen molar-refractivity contribution < 1.29 is 9.59 Å². The minimum absolute atomic E-state index is 0.0370. The van der Waals surface area contributed by atoms with Gasteiger partial charge in [0.05, 0.1) is 5.25 Å². The second kappa shape index (κ2) is 7.70. The minimum Gasteiger partial charge on any atom is -0.370 e. The molecule has 1 aliphatic rings. The number of halogens is 1. The first kappa shape index (κ1) is 18.1. The van der Waals surface area contributed by atoms with E-state index in [1.807, 2.05) is 23.6 Å². The average molecular weight is 423 g/mol. The maximum absolute atomic E-state index is 12.6. The fourth-order valence-electron chi connectivity index (χ4n) is 2.52. The number of thioether (sulfide) groups is 1. The first-order valence-corrected chi connectivity index (χ1v) is 9.81. The lowest BCUT2D eigenvalue weighted by atomic mass is 10.1. The number of Topliss-reactive ketones (excluding diaryl/α,β-unsaturated/α-hetero) is 1. The van der Waals surface area contributed by atoms with E-state index in [4.69, 9.17) is 5.73 Å². The van der Waals surface area contributed by atoms with Gasteiger partial charge in [-0.25, -0.2) is 0 Å². The van der Waals surface area contributed by atoms with Gasteiger partial charge in [-0.05, 0) is 31.9 Å². The molecule has 2 aromatic rings. The van der Waals surface area contributed by atoms with Gasteiger partial charge in [0, 0.05) is 28.9 Å². The molecule has 25 heavy (non-hydrogen) atoms. The number of benzene rings is 1. The first-order valence-electron chi connectivity index (χ1n) is 8.13. The highest BCUT2D eigenvalue weighted by molar-refractivity contribution is 9.10. The zero-order chi connectivity index (χ0) is 18.0. The van der Waals surface area contributed by atoms with Crippen molar-refractivity contribution in [3.8, 4) is 0 Å². The van der Waals surface area contributed by atoms with Crippen molar-refractivity contribution in [2.24, 2.45) is 5.73 Å². The maximum Gasteiger partial charge on any atom is 0.219 e. The first-order chi connectivity index (χ1) is 12.0. The average Bonchev–Trinajstić information content (AvgIpc) is 3.35. The molecule has 0 radical (unpaired) electrons. The predicted molar refractivity (Wildman–Crippen MR) is 99.6 cm³/mol. The number of carbonyl (C=O) groups excluding carboxylic acids is 2. The second-order valence-electron chi connectivity index (χ2n) is 6.11. The van der Waals surface area contributed by atoms with E-state index >= 15 is 0 Å². The third-order valence-electron chi connectivity index (χ3n) is 4.05. The number of aromatic nitrogens is 3. The maximum atomic E-state index is 12.6. The van der Waals surface area contributed by atoms with E-state index in [-0.39, 0.29) is 23.4 Å². The Bertz CT molecular complexity index is 786. The fourth-order valence-corrected chi connectivity index (χ4v) is 3.75. The van der Waals surface area contributed by atoms with E-state index in [1.165, 1.54) is 11.8 Å². The molecular formula is C17H19BrN4O2S. The molecule has 132 valence electrons. The lowest BCUT2D eigenvalue weighted by Gasteiger charge is -2.12. The monoisotopic (exact) mass is 422 g/mol. The Morgan fingerprint density at radius 3 is 2.60 bits per heavy atom. The number of nitrogens with two attached hydrogens (primary N) is 1. The highest BCUT2D eigenvalue weighted by Gasteiger charge is 2.31. The van der Waals surface area contributed by atoms with Crippen LogP contribution in [0.3, 0.4) is 0 Å². The van der Waals surface area contributed by atoms with Crippen LogP contribution in [0.4, 0.5) is 0 Å². The molecular weight excluding hydrogens is 404 g/mol. The molecule has 1 unspecified atom stereocenters. The predicted octanol–water partition coefficient (Wildman–Crippen LogP) is 3.16. The number of rotatable bonds is 8. The SMILES string of the molecule is CC(Sc1nnc(C2CC2)n1CCC(N)=O)C(=O)c1ccc(Br)cc1. The molecule has 1 atom stereocenters. The molecule has 1 fully saturated rings. The van der Waals surface area contributed by atoms with E-state index in [0.29, 0.717) is 23.2 Å². The summed E-state index contributed by atoms with van der Waals surface area (Å²) in [7, 11) is 0. The summed E-state index contributed by atoms with van der Waals surface area (Å²) in [4.78, 5) is 23.8. The van der Waals surface area contributed by atoms with Gasteiger partial charge in [0.15, 0.2) is 10.9 Å². The summed E-state index contributed by atoms with van der Waals surface area (Å²) < 4.78 is 2.88. The third kappa shape index (κ3) is 4.49. The summed E-state index contributed by atoms with van der Waals surface area (Å²) in [6.45, 7) is 2.31. The molecule has 1 saturated carbocycles. The number of hydrogen-bond donors (Lipinski definition) is 1. The molecule has 2 N–H and O–H groups in total. The summed E-state index contributed by atoms with van der Waals surface area (Å²) in [5, 5.41) is 8.89. The molecule has 0 aliphatic heterocycles. The van der Waals surface area contributed by atoms with Crippen molar-refractivity contribution >= 4 is 39.4 Å². The van der Waals surface area contributed by atoms with Gasteiger partial charge in [-0.1, -0.05) is 39.8 Å². The van der Waals surface area contributed by atoms with Gasteiger partial charge in [0.2, 0.25) is 5.91 Å². The van der Waals surface area contributed by atoms with Crippen LogP contribution in [0.1, 0.15) is 48.3 Å². The van der Waals surface area contributed by atoms with Crippen LogP contribution in [0, 0.1) is 0 Å². The van der Waals surface area contributed by atoms with E-state index in [2.05, 4.69) is 26.1 Å². The molecule has 1 amide bonds. The van der Waals surface area contributed by atoms with Crippen molar-refractivity contribution in [3.63, 3.8) is 0 Å². The zero-order valence-corrected chi connectivity index (χ0v) is 16.2. The van der Waals surface area contributed by atoms with E-state index < -0.39 is 0 Å². The number of carbonyl (C=O) groups is 2. The van der Waals surface area contributed by atoms with Crippen LogP contribution >= 0.6 is 27.7 Å². The normalized spacial score (nSPS) is 15.1. The topological polar surface area (TPSA) is 90.9 Å². The number of ketones is 1. The van der Waals surface area contributed by atoms with Crippen molar-refractivity contribution in [1.29, 1.82) is 0 Å². The summed E-state index contributed by atoms with van der Waals surface area (Å²) in [5.74, 6) is 0.986. The van der Waals surface area contributed by atoms with Crippen LogP contribution in [0.15, 0.2) is 33.9 Å². The molecule has 0 bridgehead atoms. The molecule has 6 nitrogen and oxygen atoms in total. The Morgan fingerprint density at radius 1 is 1.32 bits per heavy atom. The molecule has 1 aliphatic carbocycles. The Balaban J connectivity index is 1.75. The molecule has 0 spiro atoms. The van der Waals surface area contributed by atoms with E-state index in [1.54, 1.807) is 12.1 Å². The summed E-state index contributed by atoms with van der Waals surface area (Å²) in [6.07, 6.45) is 2.42. The van der Waals surface area contributed by atoms with Crippen molar-refractivity contribution in [2.75, 3.05) is 0 Å². The number of amides is 1. The highest BCUT2D eigenvalue weighted by Crippen LogP contribution is 2.40. The summed E-state index contributed by atoms with van der Waals surface area (Å²) in [5.41, 5.74) is 5.94. The molecule has 0 saturated heterocycles. The fraction of sp³-hybridized carbons (Fsp3) is 0.412. The highest BCUT2D eigenvalue weighted by atomic mass is 79.9. The summed E-state index contributed by atoms with van der Waals surface area (Å²) >= 11 is 4.74. The number of primary amides is 1. The van der Waals surface area contributed by atoms with Gasteiger partial charge in [-0.2, -0.15) is 0 Å². The van der Waals surface area contributed by atoms with Crippen LogP contribution in [0.5, 0.6) is 0 Å². The van der Waals surface area contributed by atoms with Crippen molar-refractivity contribution in [2.45, 2.75) is 49.1 Å². The lowest BCUT2D eigenvalue weighted by molar-refractivity contribution is -0.118. The van der Waals surface area contributed by atoms with Crippen molar-refractivity contribution in [3.05, 3.63) is 40.1 Å². The Labute approximate surface area is 158 Å². The van der Waals surface area contributed by atoms with Crippen LogP contribution in [-0.2, 0) is 11.3 Å². The largest absolute Gasteiger partial charge is 0.370 e. The van der Waals surface area contributed by atoms with Crippen LogP contribution < -0.4 is 5.73 Å². The minimum atomic E-state index is -0.356. The van der Waals surface area contributed by atoms with Gasteiger partial charge < -0.3 is 10.3 Å². The number of nitrogens with zero attached hydrogens (tertiary/aromatic N) is 3. The van der Waals surface area contributed by atoms with Gasteiger partial charge in [0.25, 0.3) is 0 Å². The van der Waals surface area contributed by atoms with Crippen LogP contribution in [0.2, 0.25) is 0 Å². The Kier molecular flexibility index (Phi) is 5.58. The number of hydrogen-bond acceptors (Lipinski definition) is 5. The Morgan fingerprint density at radius 2 is 2.00 bits per heavy atom. The van der Waals surface area contributed by atoms with Gasteiger partial charge in [0.1, 0.15) is 5.82 Å². The van der Waals surface area contributed by atoms with Crippen LogP contribution in [-0.4, -0.2) is 31.7 Å². The molecule has 8 heteroatoms. The standard InChI is InChI=1S/C17H19BrN4O2S/c1-10(15(24)11-4-6-13(18)7-5-11)25-17-21-20-16(12-2-3-12)22(17)9-8-14(19)23/h4-7,10,12H,2-3,8-9H2,1H3,(H2,19,23). The van der Waals surface area contributed by atoms with E-state index in [0.717, 1.165) is 23.1 Å². The van der Waals surface area contributed by atoms with Gasteiger partial charge >= 0.3 is 0 Å². The summed E-state index contributed by atoms with van der Waals surface area (Å²) in [6, 6.07) is 7.31. The molecule has 1 aromatic heterocycles. The van der Waals surface area contributed by atoms with Crippen molar-refractivity contribution in [1.82, 2.24) is 14.8 Å². The smallest absolute Gasteiger partial charge is 0.219 e. The quantitative estimate of drug-likeness (QED) is 0.520. The molecule has 1 heterocycles. The molecule has 3 rings (SSSR count). The van der Waals surface area contributed by atoms with Gasteiger partial charge in [-0.3, -0.25) is 9.59 Å². The van der Waals surface area contributed by atoms with E-state index in [9.17, 15) is 9.59 Å². The molecule has 1 aromatic carbocycles. The zero-order valence-electron chi connectivity index (χ0n) is 13.8. The van der Waals surface area contributed by atoms with Crippen LogP contribution in [0.25, 0.3) is 0 Å².